The topological polar surface area (TPSA) is 41.3 Å². The van der Waals surface area contributed by atoms with E-state index in [4.69, 9.17) is 18.0 Å². The van der Waals surface area contributed by atoms with Crippen molar-refractivity contribution in [2.24, 2.45) is 5.73 Å². The maximum absolute atomic E-state index is 5.78. The van der Waals surface area contributed by atoms with Gasteiger partial charge in [-0.2, -0.15) is 0 Å². The molecule has 0 radical (unpaired) electrons. The molecule has 0 amide bonds. The summed E-state index contributed by atoms with van der Waals surface area (Å²) in [4.78, 5) is 2.43. The van der Waals surface area contributed by atoms with Gasteiger partial charge in [0.05, 0.1) is 0 Å². The molecule has 20 heavy (non-hydrogen) atoms. The minimum Gasteiger partial charge on any atom is -0.389 e. The van der Waals surface area contributed by atoms with Crippen LogP contribution in [0.25, 0.3) is 0 Å². The van der Waals surface area contributed by atoms with Crippen molar-refractivity contribution in [1.29, 1.82) is 0 Å². The van der Waals surface area contributed by atoms with Gasteiger partial charge in [0.25, 0.3) is 0 Å². The molecule has 2 aromatic carbocycles. The molecular formula is C15H16BrN3S. The number of hydrogen-bond acceptors (Lipinski definition) is 3. The Labute approximate surface area is 132 Å². The van der Waals surface area contributed by atoms with Crippen LogP contribution in [0.1, 0.15) is 5.56 Å². The van der Waals surface area contributed by atoms with Gasteiger partial charge in [-0.15, -0.1) is 0 Å². The largest absolute Gasteiger partial charge is 0.389 e. The third kappa shape index (κ3) is 3.49. The highest BCUT2D eigenvalue weighted by Crippen LogP contribution is 2.26. The minimum absolute atomic E-state index is 0.373. The molecule has 5 heteroatoms. The fourth-order valence-corrected chi connectivity index (χ4v) is 2.38. The average Bonchev–Trinajstić information content (AvgIpc) is 2.41. The maximum Gasteiger partial charge on any atom is 0.106 e. The Morgan fingerprint density at radius 3 is 2.60 bits per heavy atom. The second-order valence-electron chi connectivity index (χ2n) is 4.62. The van der Waals surface area contributed by atoms with Crippen LogP contribution in [0.5, 0.6) is 0 Å². The van der Waals surface area contributed by atoms with Crippen LogP contribution < -0.4 is 16.0 Å². The fourth-order valence-electron chi connectivity index (χ4n) is 1.85. The number of hydrogen-bond donors (Lipinski definition) is 2. The summed E-state index contributed by atoms with van der Waals surface area (Å²) in [5, 5.41) is 3.36. The van der Waals surface area contributed by atoms with Crippen LogP contribution in [0, 0.1) is 0 Å². The van der Waals surface area contributed by atoms with Crippen molar-refractivity contribution < 1.29 is 0 Å². The molecule has 0 aliphatic heterocycles. The number of nitrogens with zero attached hydrogens (tertiary/aromatic N) is 1. The molecule has 0 aliphatic rings. The van der Waals surface area contributed by atoms with Crippen LogP contribution in [0.2, 0.25) is 0 Å². The van der Waals surface area contributed by atoms with Crippen molar-refractivity contribution >= 4 is 50.2 Å². The fraction of sp³-hybridized carbons (Fsp3) is 0.133. The zero-order valence-electron chi connectivity index (χ0n) is 11.4. The first kappa shape index (κ1) is 14.8. The van der Waals surface area contributed by atoms with Crippen molar-refractivity contribution in [3.05, 3.63) is 52.5 Å². The highest BCUT2D eigenvalue weighted by Gasteiger charge is 2.07. The summed E-state index contributed by atoms with van der Waals surface area (Å²) < 4.78 is 0.952. The van der Waals surface area contributed by atoms with E-state index in [1.165, 1.54) is 0 Å². The van der Waals surface area contributed by atoms with E-state index in [9.17, 15) is 0 Å². The number of nitrogens with two attached hydrogens (primary N) is 1. The molecule has 104 valence electrons. The zero-order valence-corrected chi connectivity index (χ0v) is 13.8. The summed E-state index contributed by atoms with van der Waals surface area (Å²) in [6.45, 7) is 0. The quantitative estimate of drug-likeness (QED) is 0.821. The van der Waals surface area contributed by atoms with Gasteiger partial charge >= 0.3 is 0 Å². The first-order valence-electron chi connectivity index (χ1n) is 6.11. The van der Waals surface area contributed by atoms with Gasteiger partial charge in [0.15, 0.2) is 0 Å². The summed E-state index contributed by atoms with van der Waals surface area (Å²) in [5.41, 5.74) is 9.63. The van der Waals surface area contributed by atoms with E-state index < -0.39 is 0 Å². The number of benzene rings is 2. The van der Waals surface area contributed by atoms with Crippen LogP contribution in [0.3, 0.4) is 0 Å². The predicted molar refractivity (Wildman–Crippen MR) is 94.1 cm³/mol. The molecule has 3 nitrogen and oxygen atoms in total. The minimum atomic E-state index is 0.373. The average molecular weight is 350 g/mol. The molecule has 0 saturated heterocycles. The SMILES string of the molecule is CN(C)c1cccc(Nc2ccc(Br)cc2C(N)=S)c1. The van der Waals surface area contributed by atoms with E-state index in [0.717, 1.165) is 27.1 Å². The summed E-state index contributed by atoms with van der Waals surface area (Å²) in [7, 11) is 4.03. The Kier molecular flexibility index (Phi) is 4.62. The molecule has 0 bridgehead atoms. The summed E-state index contributed by atoms with van der Waals surface area (Å²) in [5.74, 6) is 0. The monoisotopic (exact) mass is 349 g/mol. The Hall–Kier alpha value is -1.59. The predicted octanol–water partition coefficient (Wildman–Crippen LogP) is 3.89. The van der Waals surface area contributed by atoms with Gasteiger partial charge in [0.2, 0.25) is 0 Å². The van der Waals surface area contributed by atoms with Crippen LogP contribution >= 0.6 is 28.1 Å². The normalized spacial score (nSPS) is 10.2. The summed E-state index contributed by atoms with van der Waals surface area (Å²) in [6.07, 6.45) is 0. The van der Waals surface area contributed by atoms with Crippen LogP contribution in [0.4, 0.5) is 17.1 Å². The highest BCUT2D eigenvalue weighted by atomic mass is 79.9. The number of thiocarbonyl (C=S) groups is 1. The number of rotatable bonds is 4. The Balaban J connectivity index is 2.35. The van der Waals surface area contributed by atoms with Crippen molar-refractivity contribution in [3.8, 4) is 0 Å². The van der Waals surface area contributed by atoms with Gasteiger partial charge in [-0.25, -0.2) is 0 Å². The second-order valence-corrected chi connectivity index (χ2v) is 5.98. The molecule has 0 atom stereocenters. The molecule has 0 unspecified atom stereocenters. The van der Waals surface area contributed by atoms with Gasteiger partial charge in [-0.3, -0.25) is 0 Å². The molecular weight excluding hydrogens is 334 g/mol. The molecule has 0 spiro atoms. The van der Waals surface area contributed by atoms with Crippen molar-refractivity contribution in [1.82, 2.24) is 0 Å². The number of halogens is 1. The lowest BCUT2D eigenvalue weighted by Crippen LogP contribution is -2.12. The zero-order chi connectivity index (χ0) is 14.7. The third-order valence-corrected chi connectivity index (χ3v) is 3.60. The molecule has 3 N–H and O–H groups in total. The van der Waals surface area contributed by atoms with Gasteiger partial charge in [0.1, 0.15) is 4.99 Å². The smallest absolute Gasteiger partial charge is 0.106 e. The maximum atomic E-state index is 5.78. The van der Waals surface area contributed by atoms with E-state index in [0.29, 0.717) is 4.99 Å². The van der Waals surface area contributed by atoms with Gasteiger partial charge in [-0.1, -0.05) is 34.2 Å². The Bertz CT molecular complexity index is 641. The van der Waals surface area contributed by atoms with E-state index >= 15 is 0 Å². The van der Waals surface area contributed by atoms with Gasteiger partial charge in [-0.05, 0) is 36.4 Å². The lowest BCUT2D eigenvalue weighted by Gasteiger charge is -2.16. The molecule has 0 heterocycles. The number of nitrogens with one attached hydrogen (secondary N) is 1. The molecule has 0 aromatic heterocycles. The Morgan fingerprint density at radius 1 is 1.20 bits per heavy atom. The van der Waals surface area contributed by atoms with E-state index in [-0.39, 0.29) is 0 Å². The number of anilines is 3. The lowest BCUT2D eigenvalue weighted by atomic mass is 10.1. The van der Waals surface area contributed by atoms with Crippen LogP contribution in [-0.4, -0.2) is 19.1 Å². The van der Waals surface area contributed by atoms with Gasteiger partial charge in [0, 0.05) is 41.2 Å². The van der Waals surface area contributed by atoms with Crippen molar-refractivity contribution in [2.45, 2.75) is 0 Å². The van der Waals surface area contributed by atoms with Crippen LogP contribution in [0.15, 0.2) is 46.9 Å². The summed E-state index contributed by atoms with van der Waals surface area (Å²) >= 11 is 8.53. The van der Waals surface area contributed by atoms with Crippen LogP contribution in [-0.2, 0) is 0 Å². The molecule has 2 rings (SSSR count). The van der Waals surface area contributed by atoms with E-state index in [2.05, 4.69) is 38.3 Å². The molecule has 2 aromatic rings. The Morgan fingerprint density at radius 2 is 1.95 bits per heavy atom. The van der Waals surface area contributed by atoms with E-state index in [1.54, 1.807) is 0 Å². The lowest BCUT2D eigenvalue weighted by molar-refractivity contribution is 1.13. The highest BCUT2D eigenvalue weighted by molar-refractivity contribution is 9.10. The standard InChI is InChI=1S/C15H16BrN3S/c1-19(2)12-5-3-4-11(9-12)18-14-7-6-10(16)8-13(14)15(17)20/h3-9,18H,1-2H3,(H2,17,20). The summed E-state index contributed by atoms with van der Waals surface area (Å²) in [6, 6.07) is 14.0. The molecule has 0 saturated carbocycles. The second kappa shape index (κ2) is 6.24. The molecule has 0 aliphatic carbocycles. The van der Waals surface area contributed by atoms with Crippen molar-refractivity contribution in [3.63, 3.8) is 0 Å². The van der Waals surface area contributed by atoms with E-state index in [1.807, 2.05) is 44.4 Å². The first-order chi connectivity index (χ1) is 9.47. The first-order valence-corrected chi connectivity index (χ1v) is 7.31. The van der Waals surface area contributed by atoms with Crippen molar-refractivity contribution in [2.75, 3.05) is 24.3 Å². The third-order valence-electron chi connectivity index (χ3n) is 2.89. The molecule has 0 fully saturated rings. The van der Waals surface area contributed by atoms with Gasteiger partial charge < -0.3 is 16.0 Å².